The van der Waals surface area contributed by atoms with Gasteiger partial charge in [-0.25, -0.2) is 0 Å². The smallest absolute Gasteiger partial charge is 0.418 e. The molecule has 0 spiro atoms. The van der Waals surface area contributed by atoms with Gasteiger partial charge >= 0.3 is 17.3 Å². The monoisotopic (exact) mass is 419 g/mol. The van der Waals surface area contributed by atoms with Crippen molar-refractivity contribution in [2.75, 3.05) is 12.4 Å². The first kappa shape index (κ1) is 20.9. The van der Waals surface area contributed by atoms with Gasteiger partial charge < -0.3 is 10.1 Å². The van der Waals surface area contributed by atoms with Crippen LogP contribution >= 0.6 is 0 Å². The molecule has 30 heavy (non-hydrogen) atoms. The first-order valence-electron chi connectivity index (χ1n) is 8.63. The van der Waals surface area contributed by atoms with Crippen LogP contribution in [0.3, 0.4) is 0 Å². The number of carbonyl (C=O) groups excluding carboxylic acids is 1. The number of aromatic nitrogens is 2. The minimum absolute atomic E-state index is 0.382. The van der Waals surface area contributed by atoms with Crippen LogP contribution in [-0.2, 0) is 17.5 Å². The van der Waals surface area contributed by atoms with E-state index in [9.17, 15) is 27.6 Å². The molecule has 0 aliphatic heterocycles. The van der Waals surface area contributed by atoms with Crippen LogP contribution in [0.5, 0.6) is 5.75 Å². The Morgan fingerprint density at radius 1 is 1.03 bits per heavy atom. The zero-order chi connectivity index (χ0) is 21.9. The second kappa shape index (κ2) is 8.27. The van der Waals surface area contributed by atoms with Crippen LogP contribution in [0.4, 0.5) is 18.9 Å². The average Bonchev–Trinajstić information content (AvgIpc) is 2.71. The summed E-state index contributed by atoms with van der Waals surface area (Å²) in [6.45, 7) is -0.626. The van der Waals surface area contributed by atoms with Crippen LogP contribution in [0, 0.1) is 0 Å². The van der Waals surface area contributed by atoms with E-state index in [1.165, 1.54) is 31.6 Å². The van der Waals surface area contributed by atoms with Gasteiger partial charge in [-0.3, -0.25) is 23.5 Å². The number of carbonyl (C=O) groups is 1. The number of ether oxygens (including phenoxy) is 1. The van der Waals surface area contributed by atoms with Gasteiger partial charge in [0.15, 0.2) is 0 Å². The van der Waals surface area contributed by atoms with Gasteiger partial charge in [-0.05, 0) is 24.3 Å². The number of amides is 1. The number of hydrogen-bond acceptors (Lipinski definition) is 4. The number of methoxy groups -OCH3 is 1. The van der Waals surface area contributed by atoms with E-state index in [1.54, 1.807) is 24.3 Å². The summed E-state index contributed by atoms with van der Waals surface area (Å²) in [4.78, 5) is 37.0. The third kappa shape index (κ3) is 4.43. The Hall–Kier alpha value is -3.82. The summed E-state index contributed by atoms with van der Waals surface area (Å²) in [5.74, 6) is -0.404. The van der Waals surface area contributed by atoms with E-state index in [0.717, 1.165) is 21.3 Å². The van der Waals surface area contributed by atoms with E-state index in [-0.39, 0.29) is 0 Å². The standard InChI is InChI=1S/C20H16F3N3O4/c1-30-14-6-4-5-13(11-14)26-10-9-25(18(28)19(26)29)12-17(27)24-16-8-3-2-7-15(16)20(21,22)23/h2-11H,12H2,1H3,(H,24,27). The lowest BCUT2D eigenvalue weighted by molar-refractivity contribution is -0.137. The SMILES string of the molecule is COc1cccc(-n2ccn(CC(=O)Nc3ccccc3C(F)(F)F)c(=O)c2=O)c1. The number of halogens is 3. The maximum Gasteiger partial charge on any atom is 0.418 e. The maximum atomic E-state index is 13.0. The van der Waals surface area contributed by atoms with Crippen LogP contribution in [0.15, 0.2) is 70.5 Å². The number of para-hydroxylation sites is 1. The van der Waals surface area contributed by atoms with Crippen molar-refractivity contribution in [3.05, 3.63) is 87.2 Å². The molecule has 1 N–H and O–H groups in total. The molecule has 2 aromatic carbocycles. The molecular weight excluding hydrogens is 403 g/mol. The Morgan fingerprint density at radius 3 is 2.47 bits per heavy atom. The van der Waals surface area contributed by atoms with E-state index in [1.807, 2.05) is 0 Å². The van der Waals surface area contributed by atoms with E-state index in [2.05, 4.69) is 5.32 Å². The summed E-state index contributed by atoms with van der Waals surface area (Å²) < 4.78 is 46.1. The van der Waals surface area contributed by atoms with Crippen molar-refractivity contribution in [3.63, 3.8) is 0 Å². The molecule has 0 radical (unpaired) electrons. The first-order valence-corrected chi connectivity index (χ1v) is 8.63. The normalized spacial score (nSPS) is 11.2. The van der Waals surface area contributed by atoms with Crippen LogP contribution in [0.25, 0.3) is 5.69 Å². The highest BCUT2D eigenvalue weighted by Gasteiger charge is 2.33. The molecule has 7 nitrogen and oxygen atoms in total. The van der Waals surface area contributed by atoms with Crippen LogP contribution < -0.4 is 21.2 Å². The molecule has 10 heteroatoms. The summed E-state index contributed by atoms with van der Waals surface area (Å²) >= 11 is 0. The van der Waals surface area contributed by atoms with Gasteiger partial charge in [0.1, 0.15) is 12.3 Å². The predicted octanol–water partition coefficient (Wildman–Crippen LogP) is 2.67. The number of alkyl halides is 3. The third-order valence-electron chi connectivity index (χ3n) is 4.21. The van der Waals surface area contributed by atoms with Gasteiger partial charge in [-0.2, -0.15) is 13.2 Å². The van der Waals surface area contributed by atoms with Crippen molar-refractivity contribution < 1.29 is 22.7 Å². The second-order valence-electron chi connectivity index (χ2n) is 6.20. The fraction of sp³-hybridized carbons (Fsp3) is 0.150. The largest absolute Gasteiger partial charge is 0.497 e. The van der Waals surface area contributed by atoms with E-state index in [4.69, 9.17) is 4.74 Å². The number of hydrogen-bond donors (Lipinski definition) is 1. The minimum Gasteiger partial charge on any atom is -0.497 e. The number of rotatable bonds is 5. The van der Waals surface area contributed by atoms with Gasteiger partial charge in [-0.1, -0.05) is 18.2 Å². The molecule has 0 bridgehead atoms. The molecule has 0 saturated heterocycles. The summed E-state index contributed by atoms with van der Waals surface area (Å²) in [5.41, 5.74) is -2.99. The van der Waals surface area contributed by atoms with E-state index < -0.39 is 41.0 Å². The highest BCUT2D eigenvalue weighted by atomic mass is 19.4. The van der Waals surface area contributed by atoms with E-state index >= 15 is 0 Å². The summed E-state index contributed by atoms with van der Waals surface area (Å²) in [7, 11) is 1.45. The molecule has 0 aliphatic carbocycles. The minimum atomic E-state index is -4.65. The topological polar surface area (TPSA) is 82.3 Å². The quantitative estimate of drug-likeness (QED) is 0.645. The van der Waals surface area contributed by atoms with Gasteiger partial charge in [0.25, 0.3) is 0 Å². The number of benzene rings is 2. The Labute approximate surface area is 168 Å². The summed E-state index contributed by atoms with van der Waals surface area (Å²) in [6.07, 6.45) is -2.16. The Bertz CT molecular complexity index is 1200. The molecule has 0 unspecified atom stereocenters. The molecule has 0 fully saturated rings. The Balaban J connectivity index is 1.85. The Morgan fingerprint density at radius 2 is 1.77 bits per heavy atom. The lowest BCUT2D eigenvalue weighted by atomic mass is 10.1. The molecule has 3 rings (SSSR count). The van der Waals surface area contributed by atoms with Gasteiger partial charge in [-0.15, -0.1) is 0 Å². The van der Waals surface area contributed by atoms with Crippen molar-refractivity contribution in [2.45, 2.75) is 12.7 Å². The zero-order valence-electron chi connectivity index (χ0n) is 15.6. The second-order valence-corrected chi connectivity index (χ2v) is 6.20. The Kier molecular flexibility index (Phi) is 5.77. The zero-order valence-corrected chi connectivity index (χ0v) is 15.6. The molecule has 0 aliphatic rings. The molecule has 156 valence electrons. The molecule has 0 atom stereocenters. The number of nitrogens with zero attached hydrogens (tertiary/aromatic N) is 2. The van der Waals surface area contributed by atoms with Crippen molar-refractivity contribution in [1.82, 2.24) is 9.13 Å². The predicted molar refractivity (Wildman–Crippen MR) is 103 cm³/mol. The highest BCUT2D eigenvalue weighted by molar-refractivity contribution is 5.91. The lowest BCUT2D eigenvalue weighted by Gasteiger charge is -2.14. The molecule has 1 amide bonds. The van der Waals surface area contributed by atoms with Gasteiger partial charge in [0.2, 0.25) is 5.91 Å². The number of anilines is 1. The first-order chi connectivity index (χ1) is 14.2. The van der Waals surface area contributed by atoms with Gasteiger partial charge in [0, 0.05) is 18.5 Å². The highest BCUT2D eigenvalue weighted by Crippen LogP contribution is 2.34. The molecule has 1 heterocycles. The van der Waals surface area contributed by atoms with Crippen LogP contribution in [-0.4, -0.2) is 22.2 Å². The fourth-order valence-corrected chi connectivity index (χ4v) is 2.78. The average molecular weight is 419 g/mol. The summed E-state index contributed by atoms with van der Waals surface area (Å²) in [6, 6.07) is 10.9. The summed E-state index contributed by atoms with van der Waals surface area (Å²) in [5, 5.41) is 2.13. The maximum absolute atomic E-state index is 13.0. The van der Waals surface area contributed by atoms with Crippen molar-refractivity contribution in [1.29, 1.82) is 0 Å². The van der Waals surface area contributed by atoms with Crippen LogP contribution in [0.2, 0.25) is 0 Å². The van der Waals surface area contributed by atoms with Crippen molar-refractivity contribution >= 4 is 11.6 Å². The van der Waals surface area contributed by atoms with Crippen molar-refractivity contribution in [3.8, 4) is 11.4 Å². The molecule has 1 aromatic heterocycles. The number of nitrogens with one attached hydrogen (secondary N) is 1. The van der Waals surface area contributed by atoms with E-state index in [0.29, 0.717) is 11.4 Å². The molecule has 3 aromatic rings. The fourth-order valence-electron chi connectivity index (χ4n) is 2.78. The lowest BCUT2D eigenvalue weighted by Crippen LogP contribution is -2.41. The van der Waals surface area contributed by atoms with Crippen LogP contribution in [0.1, 0.15) is 5.56 Å². The third-order valence-corrected chi connectivity index (χ3v) is 4.21. The van der Waals surface area contributed by atoms with Crippen molar-refractivity contribution in [2.24, 2.45) is 0 Å². The van der Waals surface area contributed by atoms with Gasteiger partial charge in [0.05, 0.1) is 24.0 Å². The molecule has 0 saturated carbocycles. The molecular formula is C20H16F3N3O4.